The first-order valence-corrected chi connectivity index (χ1v) is 4.28. The number of benzene rings is 1. The zero-order valence-corrected chi connectivity index (χ0v) is 8.09. The number of ether oxygens (including phenoxy) is 1. The molecule has 1 aromatic carbocycles. The molecule has 1 aromatic rings. The third-order valence-corrected chi connectivity index (χ3v) is 1.93. The van der Waals surface area contributed by atoms with E-state index in [2.05, 4.69) is 0 Å². The minimum atomic E-state index is -1.01. The molecule has 0 heterocycles. The van der Waals surface area contributed by atoms with Gasteiger partial charge in [-0.1, -0.05) is 0 Å². The van der Waals surface area contributed by atoms with Gasteiger partial charge >= 0.3 is 5.97 Å². The van der Waals surface area contributed by atoms with E-state index in [0.717, 1.165) is 12.1 Å². The molecule has 3 nitrogen and oxygen atoms in total. The molecule has 0 aliphatic rings. The molecule has 1 rings (SSSR count). The van der Waals surface area contributed by atoms with Crippen LogP contribution in [0.4, 0.5) is 8.78 Å². The monoisotopic (exact) mass is 216 g/mol. The van der Waals surface area contributed by atoms with Crippen molar-refractivity contribution >= 4 is 5.97 Å². The van der Waals surface area contributed by atoms with Crippen LogP contribution in [-0.2, 0) is 11.2 Å². The first-order valence-electron chi connectivity index (χ1n) is 4.28. The van der Waals surface area contributed by atoms with Gasteiger partial charge in [0.15, 0.2) is 11.6 Å². The Kier molecular flexibility index (Phi) is 3.60. The number of methoxy groups -OCH3 is 1. The summed E-state index contributed by atoms with van der Waals surface area (Å²) in [5.41, 5.74) is 0.346. The van der Waals surface area contributed by atoms with Crippen molar-refractivity contribution in [1.82, 2.24) is 0 Å². The molecule has 0 saturated heterocycles. The molecule has 0 bridgehead atoms. The van der Waals surface area contributed by atoms with Crippen LogP contribution >= 0.6 is 0 Å². The maximum Gasteiger partial charge on any atom is 0.303 e. The van der Waals surface area contributed by atoms with Crippen molar-refractivity contribution < 1.29 is 23.4 Å². The molecule has 1 N–H and O–H groups in total. The van der Waals surface area contributed by atoms with Crippen molar-refractivity contribution in [2.75, 3.05) is 7.11 Å². The molecular formula is C10H10F2O3. The molecule has 82 valence electrons. The van der Waals surface area contributed by atoms with E-state index in [0.29, 0.717) is 5.56 Å². The largest absolute Gasteiger partial charge is 0.496 e. The highest BCUT2D eigenvalue weighted by molar-refractivity contribution is 5.67. The topological polar surface area (TPSA) is 46.5 Å². The van der Waals surface area contributed by atoms with E-state index >= 15 is 0 Å². The number of rotatable bonds is 4. The Morgan fingerprint density at radius 1 is 1.40 bits per heavy atom. The second-order valence-corrected chi connectivity index (χ2v) is 2.97. The Labute approximate surface area is 85.3 Å². The van der Waals surface area contributed by atoms with Crippen LogP contribution in [0.2, 0.25) is 0 Å². The molecule has 0 fully saturated rings. The van der Waals surface area contributed by atoms with Gasteiger partial charge in [-0.05, 0) is 18.1 Å². The molecule has 0 atom stereocenters. The lowest BCUT2D eigenvalue weighted by molar-refractivity contribution is -0.136. The number of hydrogen-bond acceptors (Lipinski definition) is 2. The molecule has 0 saturated carbocycles. The second kappa shape index (κ2) is 4.72. The van der Waals surface area contributed by atoms with Crippen molar-refractivity contribution in [2.45, 2.75) is 12.8 Å². The highest BCUT2D eigenvalue weighted by Gasteiger charge is 2.11. The van der Waals surface area contributed by atoms with Gasteiger partial charge < -0.3 is 9.84 Å². The summed E-state index contributed by atoms with van der Waals surface area (Å²) >= 11 is 0. The molecule has 15 heavy (non-hydrogen) atoms. The van der Waals surface area contributed by atoms with Crippen molar-refractivity contribution in [1.29, 1.82) is 0 Å². The van der Waals surface area contributed by atoms with Crippen molar-refractivity contribution in [2.24, 2.45) is 0 Å². The van der Waals surface area contributed by atoms with Crippen LogP contribution in [0.15, 0.2) is 12.1 Å². The van der Waals surface area contributed by atoms with Crippen LogP contribution < -0.4 is 4.74 Å². The molecule has 0 radical (unpaired) electrons. The maximum atomic E-state index is 12.8. The van der Waals surface area contributed by atoms with E-state index in [9.17, 15) is 13.6 Å². The van der Waals surface area contributed by atoms with Gasteiger partial charge in [0.1, 0.15) is 5.75 Å². The lowest BCUT2D eigenvalue weighted by Crippen LogP contribution is -2.01. The van der Waals surface area contributed by atoms with E-state index in [1.807, 2.05) is 0 Å². The van der Waals surface area contributed by atoms with Crippen LogP contribution in [0, 0.1) is 11.6 Å². The number of halogens is 2. The van der Waals surface area contributed by atoms with Gasteiger partial charge in [-0.2, -0.15) is 0 Å². The lowest BCUT2D eigenvalue weighted by atomic mass is 10.1. The summed E-state index contributed by atoms with van der Waals surface area (Å²) in [4.78, 5) is 10.3. The quantitative estimate of drug-likeness (QED) is 0.837. The highest BCUT2D eigenvalue weighted by Crippen LogP contribution is 2.23. The van der Waals surface area contributed by atoms with Crippen LogP contribution in [0.25, 0.3) is 0 Å². The molecular weight excluding hydrogens is 206 g/mol. The zero-order valence-electron chi connectivity index (χ0n) is 8.09. The summed E-state index contributed by atoms with van der Waals surface area (Å²) in [5, 5.41) is 8.45. The fraction of sp³-hybridized carbons (Fsp3) is 0.300. The van der Waals surface area contributed by atoms with Crippen LogP contribution in [0.5, 0.6) is 5.75 Å². The van der Waals surface area contributed by atoms with E-state index in [-0.39, 0.29) is 18.6 Å². The first kappa shape index (κ1) is 11.4. The lowest BCUT2D eigenvalue weighted by Gasteiger charge is -2.07. The number of carbonyl (C=O) groups is 1. The van der Waals surface area contributed by atoms with E-state index in [1.54, 1.807) is 0 Å². The van der Waals surface area contributed by atoms with Gasteiger partial charge in [0.2, 0.25) is 0 Å². The van der Waals surface area contributed by atoms with Crippen molar-refractivity contribution in [3.63, 3.8) is 0 Å². The number of carboxylic acids is 1. The fourth-order valence-corrected chi connectivity index (χ4v) is 1.20. The fourth-order valence-electron chi connectivity index (χ4n) is 1.20. The van der Waals surface area contributed by atoms with Crippen LogP contribution in [0.3, 0.4) is 0 Å². The number of carboxylic acid groups (broad SMARTS) is 1. The second-order valence-electron chi connectivity index (χ2n) is 2.97. The SMILES string of the molecule is COc1cc(F)c(F)cc1CCC(=O)O. The summed E-state index contributed by atoms with van der Waals surface area (Å²) in [5.74, 6) is -2.85. The molecule has 0 aliphatic carbocycles. The summed E-state index contributed by atoms with van der Waals surface area (Å²) in [6.45, 7) is 0. The van der Waals surface area contributed by atoms with Crippen molar-refractivity contribution in [3.8, 4) is 5.75 Å². The molecule has 0 unspecified atom stereocenters. The van der Waals surface area contributed by atoms with Gasteiger partial charge in [0.05, 0.1) is 7.11 Å². The van der Waals surface area contributed by atoms with Gasteiger partial charge in [0.25, 0.3) is 0 Å². The molecule has 0 aromatic heterocycles. The predicted molar refractivity (Wildman–Crippen MR) is 48.9 cm³/mol. The van der Waals surface area contributed by atoms with Crippen LogP contribution in [-0.4, -0.2) is 18.2 Å². The number of aliphatic carboxylic acids is 1. The summed E-state index contributed by atoms with van der Waals surface area (Å²) in [7, 11) is 1.32. The van der Waals surface area contributed by atoms with Gasteiger partial charge in [-0.3, -0.25) is 4.79 Å². The Bertz CT molecular complexity index is 377. The van der Waals surface area contributed by atoms with Gasteiger partial charge in [-0.15, -0.1) is 0 Å². The van der Waals surface area contributed by atoms with E-state index in [1.165, 1.54) is 7.11 Å². The predicted octanol–water partition coefficient (Wildman–Crippen LogP) is 1.99. The zero-order chi connectivity index (χ0) is 11.4. The third-order valence-electron chi connectivity index (χ3n) is 1.93. The minimum absolute atomic E-state index is 0.107. The highest BCUT2D eigenvalue weighted by atomic mass is 19.2. The molecule has 0 spiro atoms. The van der Waals surface area contributed by atoms with E-state index < -0.39 is 17.6 Å². The van der Waals surface area contributed by atoms with E-state index in [4.69, 9.17) is 9.84 Å². The molecule has 5 heteroatoms. The van der Waals surface area contributed by atoms with Gasteiger partial charge in [-0.25, -0.2) is 8.78 Å². The average molecular weight is 216 g/mol. The molecule has 0 aliphatic heterocycles. The normalized spacial score (nSPS) is 10.1. The summed E-state index contributed by atoms with van der Waals surface area (Å²) in [6.07, 6.45) is -0.0445. The average Bonchev–Trinajstić information content (AvgIpc) is 2.19. The van der Waals surface area contributed by atoms with Crippen LogP contribution in [0.1, 0.15) is 12.0 Å². The minimum Gasteiger partial charge on any atom is -0.496 e. The Hall–Kier alpha value is -1.65. The summed E-state index contributed by atoms with van der Waals surface area (Å²) < 4.78 is 30.4. The maximum absolute atomic E-state index is 12.8. The van der Waals surface area contributed by atoms with Crippen molar-refractivity contribution in [3.05, 3.63) is 29.3 Å². The Balaban J connectivity index is 2.94. The Morgan fingerprint density at radius 2 is 2.00 bits per heavy atom. The standard InChI is InChI=1S/C10H10F2O3/c1-15-9-5-8(12)7(11)4-6(9)2-3-10(13)14/h4-5H,2-3H2,1H3,(H,13,14). The molecule has 0 amide bonds. The van der Waals surface area contributed by atoms with Gasteiger partial charge in [0, 0.05) is 12.5 Å². The number of hydrogen-bond donors (Lipinski definition) is 1. The first-order chi connectivity index (χ1) is 7.04. The smallest absolute Gasteiger partial charge is 0.303 e. The Morgan fingerprint density at radius 3 is 2.53 bits per heavy atom. The number of aryl methyl sites for hydroxylation is 1. The third kappa shape index (κ3) is 2.90. The summed E-state index contributed by atoms with van der Waals surface area (Å²) in [6, 6.07) is 1.86.